The van der Waals surface area contributed by atoms with Crippen LogP contribution in [0.4, 0.5) is 11.5 Å². The molecule has 21 heavy (non-hydrogen) atoms. The predicted octanol–water partition coefficient (Wildman–Crippen LogP) is 3.64. The SMILES string of the molecule is Cc1nc2c(O)cccn2c1N=Nc1cccc(C#N)c1. The summed E-state index contributed by atoms with van der Waals surface area (Å²) in [4.78, 5) is 4.27. The molecule has 6 nitrogen and oxygen atoms in total. The van der Waals surface area contributed by atoms with E-state index in [0.29, 0.717) is 28.4 Å². The van der Waals surface area contributed by atoms with Gasteiger partial charge in [0.1, 0.15) is 0 Å². The Morgan fingerprint density at radius 1 is 1.24 bits per heavy atom. The van der Waals surface area contributed by atoms with Crippen LogP contribution in [0.1, 0.15) is 11.3 Å². The van der Waals surface area contributed by atoms with Gasteiger partial charge in [-0.1, -0.05) is 6.07 Å². The summed E-state index contributed by atoms with van der Waals surface area (Å²) >= 11 is 0. The van der Waals surface area contributed by atoms with Crippen LogP contribution in [0, 0.1) is 18.3 Å². The average Bonchev–Trinajstić information content (AvgIpc) is 2.83. The molecule has 0 aliphatic carbocycles. The lowest BCUT2D eigenvalue weighted by atomic mass is 10.2. The van der Waals surface area contributed by atoms with Crippen molar-refractivity contribution in [3.8, 4) is 11.8 Å². The number of fused-ring (bicyclic) bond motifs is 1. The molecular weight excluding hydrogens is 266 g/mol. The van der Waals surface area contributed by atoms with Gasteiger partial charge in [0.2, 0.25) is 0 Å². The summed E-state index contributed by atoms with van der Waals surface area (Å²) in [6.07, 6.45) is 1.76. The predicted molar refractivity (Wildman–Crippen MR) is 76.9 cm³/mol. The molecule has 3 aromatic rings. The van der Waals surface area contributed by atoms with Gasteiger partial charge in [0.25, 0.3) is 0 Å². The van der Waals surface area contributed by atoms with Crippen LogP contribution >= 0.6 is 0 Å². The fourth-order valence-corrected chi connectivity index (χ4v) is 2.02. The minimum absolute atomic E-state index is 0.0912. The summed E-state index contributed by atoms with van der Waals surface area (Å²) in [6.45, 7) is 1.80. The molecular formula is C15H11N5O. The van der Waals surface area contributed by atoms with Crippen LogP contribution < -0.4 is 0 Å². The number of hydrogen-bond acceptors (Lipinski definition) is 5. The molecule has 1 aromatic carbocycles. The second-order valence-corrected chi connectivity index (χ2v) is 4.47. The van der Waals surface area contributed by atoms with Crippen LogP contribution in [0.25, 0.3) is 5.65 Å². The number of aryl methyl sites for hydroxylation is 1. The molecule has 1 N–H and O–H groups in total. The van der Waals surface area contributed by atoms with Crippen molar-refractivity contribution in [1.82, 2.24) is 9.38 Å². The molecule has 102 valence electrons. The molecule has 0 aliphatic heterocycles. The maximum Gasteiger partial charge on any atom is 0.182 e. The van der Waals surface area contributed by atoms with Crippen molar-refractivity contribution in [1.29, 1.82) is 5.26 Å². The number of benzene rings is 1. The average molecular weight is 277 g/mol. The van der Waals surface area contributed by atoms with Gasteiger partial charge in [-0.05, 0) is 37.3 Å². The van der Waals surface area contributed by atoms with E-state index in [1.165, 1.54) is 0 Å². The first-order chi connectivity index (χ1) is 10.2. The van der Waals surface area contributed by atoms with Gasteiger partial charge < -0.3 is 5.11 Å². The molecule has 0 fully saturated rings. The van der Waals surface area contributed by atoms with Crippen molar-refractivity contribution in [2.24, 2.45) is 10.2 Å². The molecule has 0 spiro atoms. The second kappa shape index (κ2) is 5.06. The summed E-state index contributed by atoms with van der Waals surface area (Å²) in [5.41, 5.74) is 2.22. The van der Waals surface area contributed by atoms with E-state index in [2.05, 4.69) is 21.3 Å². The molecule has 0 unspecified atom stereocenters. The highest BCUT2D eigenvalue weighted by Crippen LogP contribution is 2.27. The van der Waals surface area contributed by atoms with E-state index in [0.717, 1.165) is 0 Å². The lowest BCUT2D eigenvalue weighted by molar-refractivity contribution is 0.477. The third-order valence-electron chi connectivity index (χ3n) is 3.01. The van der Waals surface area contributed by atoms with Crippen molar-refractivity contribution < 1.29 is 5.11 Å². The van der Waals surface area contributed by atoms with Crippen molar-refractivity contribution in [3.05, 3.63) is 53.9 Å². The number of aromatic hydroxyl groups is 1. The van der Waals surface area contributed by atoms with Gasteiger partial charge in [0.15, 0.2) is 17.2 Å². The number of nitriles is 1. The minimum atomic E-state index is 0.0912. The van der Waals surface area contributed by atoms with E-state index in [-0.39, 0.29) is 5.75 Å². The van der Waals surface area contributed by atoms with Crippen LogP contribution in [0.15, 0.2) is 52.8 Å². The zero-order valence-corrected chi connectivity index (χ0v) is 11.2. The van der Waals surface area contributed by atoms with Crippen molar-refractivity contribution in [3.63, 3.8) is 0 Å². The van der Waals surface area contributed by atoms with Crippen LogP contribution in [0.5, 0.6) is 5.75 Å². The molecule has 0 saturated heterocycles. The monoisotopic (exact) mass is 277 g/mol. The molecule has 2 heterocycles. The Morgan fingerprint density at radius 2 is 2.10 bits per heavy atom. The van der Waals surface area contributed by atoms with E-state index in [4.69, 9.17) is 5.26 Å². The largest absolute Gasteiger partial charge is 0.504 e. The minimum Gasteiger partial charge on any atom is -0.504 e. The Morgan fingerprint density at radius 3 is 2.90 bits per heavy atom. The molecule has 0 atom stereocenters. The van der Waals surface area contributed by atoms with Gasteiger partial charge in [-0.15, -0.1) is 10.2 Å². The smallest absolute Gasteiger partial charge is 0.182 e. The Labute approximate surface area is 120 Å². The number of rotatable bonds is 2. The van der Waals surface area contributed by atoms with E-state index in [1.54, 1.807) is 53.9 Å². The van der Waals surface area contributed by atoms with E-state index in [1.807, 2.05) is 0 Å². The van der Waals surface area contributed by atoms with Gasteiger partial charge >= 0.3 is 0 Å². The van der Waals surface area contributed by atoms with Crippen molar-refractivity contribution in [2.45, 2.75) is 6.92 Å². The maximum absolute atomic E-state index is 9.77. The summed E-state index contributed by atoms with van der Waals surface area (Å²) in [6, 6.07) is 12.2. The Balaban J connectivity index is 2.05. The first-order valence-corrected chi connectivity index (χ1v) is 6.27. The number of imidazole rings is 1. The highest BCUT2D eigenvalue weighted by molar-refractivity contribution is 5.60. The number of pyridine rings is 1. The summed E-state index contributed by atoms with van der Waals surface area (Å²) in [7, 11) is 0. The van der Waals surface area contributed by atoms with Crippen molar-refractivity contribution in [2.75, 3.05) is 0 Å². The molecule has 2 aromatic heterocycles. The van der Waals surface area contributed by atoms with Crippen LogP contribution in [-0.2, 0) is 0 Å². The topological polar surface area (TPSA) is 86.0 Å². The van der Waals surface area contributed by atoms with Crippen LogP contribution in [0.2, 0.25) is 0 Å². The highest BCUT2D eigenvalue weighted by atomic mass is 16.3. The Bertz CT molecular complexity index is 889. The molecule has 0 radical (unpaired) electrons. The van der Waals surface area contributed by atoms with Crippen LogP contribution in [-0.4, -0.2) is 14.5 Å². The van der Waals surface area contributed by atoms with Crippen LogP contribution in [0.3, 0.4) is 0 Å². The fourth-order valence-electron chi connectivity index (χ4n) is 2.02. The normalized spacial score (nSPS) is 11.0. The zero-order valence-electron chi connectivity index (χ0n) is 11.2. The van der Waals surface area contributed by atoms with Gasteiger partial charge in [0.05, 0.1) is 23.0 Å². The first-order valence-electron chi connectivity index (χ1n) is 6.27. The third kappa shape index (κ3) is 2.32. The number of azo groups is 1. The molecule has 0 amide bonds. The summed E-state index contributed by atoms with van der Waals surface area (Å²) in [5, 5.41) is 27.0. The molecule has 3 rings (SSSR count). The Kier molecular flexibility index (Phi) is 3.09. The standard InChI is InChI=1S/C15H11N5O/c1-10-14(20-7-3-6-13(21)15(20)17-10)19-18-12-5-2-4-11(8-12)9-16/h2-8,21H,1H3. The van der Waals surface area contributed by atoms with E-state index >= 15 is 0 Å². The second-order valence-electron chi connectivity index (χ2n) is 4.47. The number of nitrogens with zero attached hydrogens (tertiary/aromatic N) is 5. The van der Waals surface area contributed by atoms with E-state index < -0.39 is 0 Å². The van der Waals surface area contributed by atoms with E-state index in [9.17, 15) is 5.11 Å². The quantitative estimate of drug-likeness (QED) is 0.725. The zero-order chi connectivity index (χ0) is 14.8. The molecule has 0 bridgehead atoms. The third-order valence-corrected chi connectivity index (χ3v) is 3.01. The molecule has 6 heteroatoms. The number of aromatic nitrogens is 2. The first kappa shape index (κ1) is 12.8. The van der Waals surface area contributed by atoms with Gasteiger partial charge in [-0.3, -0.25) is 4.40 Å². The number of hydrogen-bond donors (Lipinski definition) is 1. The van der Waals surface area contributed by atoms with Gasteiger partial charge in [0, 0.05) is 6.20 Å². The van der Waals surface area contributed by atoms with Crippen molar-refractivity contribution >= 4 is 17.2 Å². The van der Waals surface area contributed by atoms with Gasteiger partial charge in [-0.2, -0.15) is 5.26 Å². The molecule has 0 aliphatic rings. The summed E-state index contributed by atoms with van der Waals surface area (Å²) < 4.78 is 1.67. The summed E-state index contributed by atoms with van der Waals surface area (Å²) in [5.74, 6) is 0.636. The maximum atomic E-state index is 9.77. The Hall–Kier alpha value is -3.20. The fraction of sp³-hybridized carbons (Fsp3) is 0.0667. The van der Waals surface area contributed by atoms with Gasteiger partial charge in [-0.25, -0.2) is 4.98 Å². The lowest BCUT2D eigenvalue weighted by Crippen LogP contribution is -1.82. The lowest BCUT2D eigenvalue weighted by Gasteiger charge is -1.97. The molecule has 0 saturated carbocycles. The highest BCUT2D eigenvalue weighted by Gasteiger charge is 2.10.